The summed E-state index contributed by atoms with van der Waals surface area (Å²) in [7, 11) is 0. The summed E-state index contributed by atoms with van der Waals surface area (Å²) >= 11 is 1.63. The fraction of sp³-hybridized carbons (Fsp3) is 0.357. The second-order valence-electron chi connectivity index (χ2n) is 4.89. The number of imidazole rings is 1. The number of furan rings is 1. The van der Waals surface area contributed by atoms with Crippen molar-refractivity contribution in [3.8, 4) is 0 Å². The van der Waals surface area contributed by atoms with E-state index in [0.717, 1.165) is 39.7 Å². The van der Waals surface area contributed by atoms with E-state index in [-0.39, 0.29) is 6.04 Å². The lowest BCUT2D eigenvalue weighted by Crippen LogP contribution is -2.15. The second-order valence-corrected chi connectivity index (χ2v) is 5.76. The summed E-state index contributed by atoms with van der Waals surface area (Å²) in [5.74, 6) is 1.87. The van der Waals surface area contributed by atoms with Crippen LogP contribution < -0.4 is 5.73 Å². The van der Waals surface area contributed by atoms with Crippen LogP contribution in [0.5, 0.6) is 0 Å². The van der Waals surface area contributed by atoms with E-state index in [1.807, 2.05) is 36.0 Å². The van der Waals surface area contributed by atoms with Gasteiger partial charge in [-0.2, -0.15) is 0 Å². The third-order valence-electron chi connectivity index (χ3n) is 3.56. The zero-order valence-corrected chi connectivity index (χ0v) is 12.1. The number of nitrogens with zero attached hydrogens (tertiary/aromatic N) is 2. The maximum Gasteiger partial charge on any atom is 0.193 e. The minimum absolute atomic E-state index is 0.0675. The Morgan fingerprint density at radius 2 is 2.16 bits per heavy atom. The highest BCUT2D eigenvalue weighted by Gasteiger charge is 2.19. The van der Waals surface area contributed by atoms with Gasteiger partial charge in [-0.1, -0.05) is 0 Å². The third-order valence-corrected chi connectivity index (χ3v) is 4.33. The van der Waals surface area contributed by atoms with Gasteiger partial charge in [-0.25, -0.2) is 4.98 Å². The summed E-state index contributed by atoms with van der Waals surface area (Å²) in [4.78, 5) is 5.59. The van der Waals surface area contributed by atoms with E-state index in [0.29, 0.717) is 0 Å². The number of nitrogens with two attached hydrogens (primary N) is 1. The van der Waals surface area contributed by atoms with Crippen molar-refractivity contribution in [2.75, 3.05) is 0 Å². The van der Waals surface area contributed by atoms with E-state index >= 15 is 0 Å². The van der Waals surface area contributed by atoms with Gasteiger partial charge in [-0.3, -0.25) is 4.40 Å². The van der Waals surface area contributed by atoms with Gasteiger partial charge in [-0.05, 0) is 26.3 Å². The van der Waals surface area contributed by atoms with E-state index in [9.17, 15) is 0 Å². The predicted molar refractivity (Wildman–Crippen MR) is 76.6 cm³/mol. The second kappa shape index (κ2) is 4.51. The molecule has 0 spiro atoms. The van der Waals surface area contributed by atoms with E-state index < -0.39 is 0 Å². The van der Waals surface area contributed by atoms with Gasteiger partial charge in [0.15, 0.2) is 4.96 Å². The number of hydrogen-bond acceptors (Lipinski definition) is 4. The topological polar surface area (TPSA) is 56.5 Å². The van der Waals surface area contributed by atoms with Gasteiger partial charge in [0.25, 0.3) is 0 Å². The van der Waals surface area contributed by atoms with Gasteiger partial charge in [0.05, 0.1) is 5.69 Å². The van der Waals surface area contributed by atoms with Crippen LogP contribution in [0.2, 0.25) is 0 Å². The molecule has 1 atom stereocenters. The van der Waals surface area contributed by atoms with Gasteiger partial charge in [-0.15, -0.1) is 11.3 Å². The number of aromatic nitrogens is 2. The van der Waals surface area contributed by atoms with Crippen LogP contribution in [0.15, 0.2) is 22.2 Å². The quantitative estimate of drug-likeness (QED) is 0.799. The van der Waals surface area contributed by atoms with Crippen LogP contribution in [-0.4, -0.2) is 9.38 Å². The van der Waals surface area contributed by atoms with Crippen LogP contribution in [0, 0.1) is 20.8 Å². The highest BCUT2D eigenvalue weighted by Crippen LogP contribution is 2.28. The van der Waals surface area contributed by atoms with Gasteiger partial charge in [0.1, 0.15) is 11.5 Å². The highest BCUT2D eigenvalue weighted by atomic mass is 32.1. The lowest BCUT2D eigenvalue weighted by atomic mass is 9.99. The summed E-state index contributed by atoms with van der Waals surface area (Å²) in [5.41, 5.74) is 9.63. The average molecular weight is 275 g/mol. The number of hydrogen-bond donors (Lipinski definition) is 1. The van der Waals surface area contributed by atoms with Crippen LogP contribution in [0.4, 0.5) is 0 Å². The molecule has 0 amide bonds. The number of rotatable bonds is 3. The largest absolute Gasteiger partial charge is 0.466 e. The van der Waals surface area contributed by atoms with E-state index in [1.54, 1.807) is 11.3 Å². The van der Waals surface area contributed by atoms with Gasteiger partial charge < -0.3 is 10.2 Å². The van der Waals surface area contributed by atoms with Crippen molar-refractivity contribution in [3.63, 3.8) is 0 Å². The molecule has 3 aromatic rings. The van der Waals surface area contributed by atoms with Crippen molar-refractivity contribution >= 4 is 16.3 Å². The first-order valence-corrected chi connectivity index (χ1v) is 7.17. The molecule has 3 rings (SSSR count). The summed E-state index contributed by atoms with van der Waals surface area (Å²) < 4.78 is 7.68. The standard InChI is InChI=1S/C14H17N3OS/c1-8-9(2)18-10(3)13(8)12(15)6-11-7-17-4-5-19-14(17)16-11/h4-5,7,12H,6,15H2,1-3H3. The monoisotopic (exact) mass is 275 g/mol. The van der Waals surface area contributed by atoms with Crippen molar-refractivity contribution in [1.29, 1.82) is 0 Å². The van der Waals surface area contributed by atoms with Gasteiger partial charge in [0.2, 0.25) is 0 Å². The summed E-state index contributed by atoms with van der Waals surface area (Å²) in [5, 5.41) is 2.03. The van der Waals surface area contributed by atoms with E-state index in [2.05, 4.69) is 11.9 Å². The Balaban J connectivity index is 1.88. The maximum atomic E-state index is 6.33. The molecule has 0 aliphatic heterocycles. The Bertz CT molecular complexity index is 694. The van der Waals surface area contributed by atoms with Crippen LogP contribution in [0.25, 0.3) is 4.96 Å². The van der Waals surface area contributed by atoms with Gasteiger partial charge in [0, 0.05) is 35.8 Å². The molecule has 100 valence electrons. The van der Waals surface area contributed by atoms with E-state index in [4.69, 9.17) is 10.2 Å². The van der Waals surface area contributed by atoms with E-state index in [1.165, 1.54) is 0 Å². The fourth-order valence-corrected chi connectivity index (χ4v) is 3.27. The number of thiazole rings is 1. The first kappa shape index (κ1) is 12.4. The minimum atomic E-state index is -0.0675. The number of aryl methyl sites for hydroxylation is 2. The van der Waals surface area contributed by atoms with Crippen molar-refractivity contribution in [1.82, 2.24) is 9.38 Å². The molecule has 0 aliphatic carbocycles. The zero-order chi connectivity index (χ0) is 13.6. The molecule has 5 heteroatoms. The molecule has 2 N–H and O–H groups in total. The third kappa shape index (κ3) is 2.09. The summed E-state index contributed by atoms with van der Waals surface area (Å²) in [6, 6.07) is -0.0675. The van der Waals surface area contributed by atoms with Gasteiger partial charge >= 0.3 is 0 Å². The molecular formula is C14H17N3OS. The molecule has 0 saturated heterocycles. The lowest BCUT2D eigenvalue weighted by Gasteiger charge is -2.10. The van der Waals surface area contributed by atoms with Crippen molar-refractivity contribution in [2.45, 2.75) is 33.2 Å². The molecule has 0 aliphatic rings. The Labute approximate surface area is 115 Å². The normalized spacial score (nSPS) is 13.3. The molecule has 0 fully saturated rings. The van der Waals surface area contributed by atoms with Crippen LogP contribution in [-0.2, 0) is 6.42 Å². The smallest absolute Gasteiger partial charge is 0.193 e. The molecule has 19 heavy (non-hydrogen) atoms. The molecule has 0 radical (unpaired) electrons. The predicted octanol–water partition coefficient (Wildman–Crippen LogP) is 3.16. The van der Waals surface area contributed by atoms with Crippen LogP contribution in [0.3, 0.4) is 0 Å². The van der Waals surface area contributed by atoms with Crippen molar-refractivity contribution < 1.29 is 4.42 Å². The van der Waals surface area contributed by atoms with Crippen LogP contribution in [0.1, 0.15) is 34.4 Å². The Morgan fingerprint density at radius 3 is 2.79 bits per heavy atom. The summed E-state index contributed by atoms with van der Waals surface area (Å²) in [6.45, 7) is 6.01. The summed E-state index contributed by atoms with van der Waals surface area (Å²) in [6.07, 6.45) is 4.79. The maximum absolute atomic E-state index is 6.33. The molecule has 1 unspecified atom stereocenters. The average Bonchev–Trinajstić information content (AvgIpc) is 2.94. The molecule has 0 aromatic carbocycles. The van der Waals surface area contributed by atoms with Crippen LogP contribution >= 0.6 is 11.3 Å². The molecular weight excluding hydrogens is 258 g/mol. The fourth-order valence-electron chi connectivity index (χ4n) is 2.56. The van der Waals surface area contributed by atoms with Crippen molar-refractivity contribution in [3.05, 3.63) is 46.1 Å². The minimum Gasteiger partial charge on any atom is -0.466 e. The Hall–Kier alpha value is -1.59. The first-order chi connectivity index (χ1) is 9.06. The molecule has 3 heterocycles. The molecule has 0 saturated carbocycles. The highest BCUT2D eigenvalue weighted by molar-refractivity contribution is 7.15. The SMILES string of the molecule is Cc1oc(C)c(C(N)Cc2cn3ccsc3n2)c1C. The first-order valence-electron chi connectivity index (χ1n) is 6.29. The van der Waals surface area contributed by atoms with Crippen molar-refractivity contribution in [2.24, 2.45) is 5.73 Å². The lowest BCUT2D eigenvalue weighted by molar-refractivity contribution is 0.496. The Morgan fingerprint density at radius 1 is 1.37 bits per heavy atom. The zero-order valence-electron chi connectivity index (χ0n) is 11.3. The Kier molecular flexibility index (Phi) is 2.95. The molecule has 0 bridgehead atoms. The number of fused-ring (bicyclic) bond motifs is 1. The molecule has 4 nitrogen and oxygen atoms in total. The molecule has 3 aromatic heterocycles.